The van der Waals surface area contributed by atoms with Gasteiger partial charge < -0.3 is 16.0 Å². The van der Waals surface area contributed by atoms with E-state index in [1.54, 1.807) is 7.05 Å². The Bertz CT molecular complexity index is 331. The fraction of sp³-hybridized carbons (Fsp3) is 0.300. The van der Waals surface area contributed by atoms with E-state index in [2.05, 4.69) is 10.3 Å². The Morgan fingerprint density at radius 3 is 2.57 bits per heavy atom. The van der Waals surface area contributed by atoms with Crippen molar-refractivity contribution < 1.29 is 0 Å². The maximum absolute atomic E-state index is 5.59. The van der Waals surface area contributed by atoms with E-state index >= 15 is 0 Å². The summed E-state index contributed by atoms with van der Waals surface area (Å²) in [4.78, 5) is 5.87. The molecular weight excluding hydrogens is 176 g/mol. The number of benzene rings is 1. The molecule has 0 fully saturated rings. The van der Waals surface area contributed by atoms with Crippen LogP contribution in [0.3, 0.4) is 0 Å². The molecule has 0 spiro atoms. The van der Waals surface area contributed by atoms with E-state index in [9.17, 15) is 0 Å². The van der Waals surface area contributed by atoms with Crippen LogP contribution in [0.2, 0.25) is 0 Å². The lowest BCUT2D eigenvalue weighted by Gasteiger charge is -2.17. The van der Waals surface area contributed by atoms with Crippen LogP contribution in [0.15, 0.2) is 29.3 Å². The Balaban J connectivity index is 2.96. The molecule has 0 heterocycles. The maximum Gasteiger partial charge on any atom is 0.192 e. The summed E-state index contributed by atoms with van der Waals surface area (Å²) in [6.07, 6.45) is 0. The first-order valence-electron chi connectivity index (χ1n) is 4.40. The van der Waals surface area contributed by atoms with Gasteiger partial charge in [-0.15, -0.1) is 0 Å². The molecule has 3 N–H and O–H groups in total. The molecule has 4 heteroatoms. The Kier molecular flexibility index (Phi) is 3.34. The van der Waals surface area contributed by atoms with Gasteiger partial charge >= 0.3 is 0 Å². The van der Waals surface area contributed by atoms with Crippen LogP contribution in [-0.4, -0.2) is 27.1 Å². The smallest absolute Gasteiger partial charge is 0.192 e. The number of aliphatic imine (C=N–C) groups is 1. The summed E-state index contributed by atoms with van der Waals surface area (Å²) in [6, 6.07) is 7.93. The summed E-state index contributed by atoms with van der Waals surface area (Å²) in [5.74, 6) is 0.416. The number of hydrogen-bond acceptors (Lipinski definition) is 2. The summed E-state index contributed by atoms with van der Waals surface area (Å²) in [6.45, 7) is 0. The highest BCUT2D eigenvalue weighted by Gasteiger charge is 2.03. The summed E-state index contributed by atoms with van der Waals surface area (Å²) in [5, 5.41) is 3.03. The van der Waals surface area contributed by atoms with Crippen molar-refractivity contribution in [3.63, 3.8) is 0 Å². The first-order chi connectivity index (χ1) is 6.65. The molecule has 0 unspecified atom stereocenters. The van der Waals surface area contributed by atoms with Crippen molar-refractivity contribution >= 4 is 17.3 Å². The minimum atomic E-state index is 0.416. The second kappa shape index (κ2) is 4.50. The Labute approximate surface area is 84.4 Å². The third-order valence-corrected chi connectivity index (χ3v) is 1.89. The van der Waals surface area contributed by atoms with Gasteiger partial charge in [0.15, 0.2) is 5.96 Å². The standard InChI is InChI=1S/C10H16N4/c1-12-10(11)13-8-6-4-5-7-9(8)14(2)3/h4-7H,1-3H3,(H3,11,12,13). The van der Waals surface area contributed by atoms with Crippen LogP contribution in [0, 0.1) is 0 Å². The van der Waals surface area contributed by atoms with Crippen LogP contribution >= 0.6 is 0 Å². The molecule has 0 aliphatic carbocycles. The molecule has 0 bridgehead atoms. The molecule has 1 aromatic rings. The Morgan fingerprint density at radius 2 is 2.00 bits per heavy atom. The lowest BCUT2D eigenvalue weighted by Crippen LogP contribution is -2.23. The molecule has 14 heavy (non-hydrogen) atoms. The highest BCUT2D eigenvalue weighted by atomic mass is 15.1. The number of hydrogen-bond donors (Lipinski definition) is 2. The second-order valence-corrected chi connectivity index (χ2v) is 3.15. The van der Waals surface area contributed by atoms with Gasteiger partial charge in [-0.05, 0) is 12.1 Å². The van der Waals surface area contributed by atoms with E-state index in [4.69, 9.17) is 5.73 Å². The molecule has 0 aliphatic heterocycles. The highest BCUT2D eigenvalue weighted by molar-refractivity contribution is 5.95. The molecule has 0 aromatic heterocycles. The number of guanidine groups is 1. The third kappa shape index (κ3) is 2.39. The first kappa shape index (κ1) is 10.4. The minimum absolute atomic E-state index is 0.416. The van der Waals surface area contributed by atoms with Crippen molar-refractivity contribution in [2.45, 2.75) is 0 Å². The van der Waals surface area contributed by atoms with Crippen LogP contribution < -0.4 is 16.0 Å². The predicted molar refractivity (Wildman–Crippen MR) is 61.9 cm³/mol. The van der Waals surface area contributed by atoms with Gasteiger partial charge in [0, 0.05) is 21.1 Å². The zero-order valence-electron chi connectivity index (χ0n) is 8.78. The lowest BCUT2D eigenvalue weighted by molar-refractivity contribution is 1.13. The average molecular weight is 192 g/mol. The fourth-order valence-electron chi connectivity index (χ4n) is 1.16. The number of anilines is 2. The number of nitrogens with two attached hydrogens (primary N) is 1. The van der Waals surface area contributed by atoms with Crippen LogP contribution in [0.4, 0.5) is 11.4 Å². The van der Waals surface area contributed by atoms with Gasteiger partial charge in [-0.1, -0.05) is 12.1 Å². The second-order valence-electron chi connectivity index (χ2n) is 3.15. The van der Waals surface area contributed by atoms with Gasteiger partial charge in [-0.2, -0.15) is 0 Å². The molecule has 0 saturated heterocycles. The molecule has 0 saturated carbocycles. The summed E-state index contributed by atoms with van der Waals surface area (Å²) >= 11 is 0. The van der Waals surface area contributed by atoms with Crippen LogP contribution in [0.1, 0.15) is 0 Å². The van der Waals surface area contributed by atoms with Gasteiger partial charge in [0.2, 0.25) is 0 Å². The molecule has 0 radical (unpaired) electrons. The molecule has 0 atom stereocenters. The molecule has 4 nitrogen and oxygen atoms in total. The van der Waals surface area contributed by atoms with Gasteiger partial charge in [-0.25, -0.2) is 0 Å². The number of para-hydroxylation sites is 2. The zero-order chi connectivity index (χ0) is 10.6. The highest BCUT2D eigenvalue weighted by Crippen LogP contribution is 2.22. The van der Waals surface area contributed by atoms with Gasteiger partial charge in [0.1, 0.15) is 0 Å². The first-order valence-corrected chi connectivity index (χ1v) is 4.40. The van der Waals surface area contributed by atoms with Crippen molar-refractivity contribution in [3.05, 3.63) is 24.3 Å². The van der Waals surface area contributed by atoms with Crippen molar-refractivity contribution in [2.24, 2.45) is 10.7 Å². The van der Waals surface area contributed by atoms with Crippen molar-refractivity contribution in [2.75, 3.05) is 31.4 Å². The van der Waals surface area contributed by atoms with Crippen molar-refractivity contribution in [1.29, 1.82) is 0 Å². The fourth-order valence-corrected chi connectivity index (χ4v) is 1.16. The quantitative estimate of drug-likeness (QED) is 0.545. The largest absolute Gasteiger partial charge is 0.376 e. The molecule has 76 valence electrons. The molecule has 0 aliphatic rings. The van der Waals surface area contributed by atoms with Gasteiger partial charge in [0.05, 0.1) is 11.4 Å². The lowest BCUT2D eigenvalue weighted by atomic mass is 10.2. The monoisotopic (exact) mass is 192 g/mol. The number of nitrogens with zero attached hydrogens (tertiary/aromatic N) is 2. The molecular formula is C10H16N4. The van der Waals surface area contributed by atoms with Crippen molar-refractivity contribution in [3.8, 4) is 0 Å². The summed E-state index contributed by atoms with van der Waals surface area (Å²) in [7, 11) is 5.63. The Hall–Kier alpha value is -1.71. The average Bonchev–Trinajstić information content (AvgIpc) is 2.18. The molecule has 0 amide bonds. The van der Waals surface area contributed by atoms with E-state index in [0.29, 0.717) is 5.96 Å². The van der Waals surface area contributed by atoms with Crippen LogP contribution in [-0.2, 0) is 0 Å². The van der Waals surface area contributed by atoms with E-state index in [1.807, 2.05) is 43.3 Å². The molecule has 1 aromatic carbocycles. The predicted octanol–water partition coefficient (Wildman–Crippen LogP) is 1.11. The van der Waals surface area contributed by atoms with Crippen molar-refractivity contribution in [1.82, 2.24) is 0 Å². The van der Waals surface area contributed by atoms with E-state index < -0.39 is 0 Å². The maximum atomic E-state index is 5.59. The van der Waals surface area contributed by atoms with E-state index in [-0.39, 0.29) is 0 Å². The van der Waals surface area contributed by atoms with Gasteiger partial charge in [0.25, 0.3) is 0 Å². The zero-order valence-corrected chi connectivity index (χ0v) is 8.78. The van der Waals surface area contributed by atoms with Gasteiger partial charge in [-0.3, -0.25) is 4.99 Å². The summed E-state index contributed by atoms with van der Waals surface area (Å²) in [5.41, 5.74) is 7.64. The minimum Gasteiger partial charge on any atom is -0.376 e. The normalized spacial score (nSPS) is 11.2. The van der Waals surface area contributed by atoms with E-state index in [1.165, 1.54) is 0 Å². The Morgan fingerprint density at radius 1 is 1.36 bits per heavy atom. The topological polar surface area (TPSA) is 53.6 Å². The number of nitrogens with one attached hydrogen (secondary N) is 1. The van der Waals surface area contributed by atoms with E-state index in [0.717, 1.165) is 11.4 Å². The molecule has 1 rings (SSSR count). The SMILES string of the molecule is CN=C(N)Nc1ccccc1N(C)C. The van der Waals surface area contributed by atoms with Crippen LogP contribution in [0.5, 0.6) is 0 Å². The summed E-state index contributed by atoms with van der Waals surface area (Å²) < 4.78 is 0. The third-order valence-electron chi connectivity index (χ3n) is 1.89. The number of rotatable bonds is 2. The van der Waals surface area contributed by atoms with Crippen LogP contribution in [0.25, 0.3) is 0 Å².